The molecule has 0 saturated heterocycles. The molecule has 3 heterocycles. The molecule has 0 bridgehead atoms. The molecule has 0 saturated carbocycles. The first-order chi connectivity index (χ1) is 14.9. The Bertz CT molecular complexity index is 1260. The second-order valence-electron chi connectivity index (χ2n) is 6.92. The van der Waals surface area contributed by atoms with Crippen molar-refractivity contribution in [1.29, 1.82) is 0 Å². The third-order valence-corrected chi connectivity index (χ3v) is 4.81. The van der Waals surface area contributed by atoms with Crippen LogP contribution < -0.4 is 21.5 Å². The Morgan fingerprint density at radius 2 is 2.06 bits per heavy atom. The fourth-order valence-electron chi connectivity index (χ4n) is 3.21. The van der Waals surface area contributed by atoms with Crippen molar-refractivity contribution >= 4 is 11.6 Å². The molecule has 0 fully saturated rings. The van der Waals surface area contributed by atoms with Gasteiger partial charge >= 0.3 is 5.69 Å². The summed E-state index contributed by atoms with van der Waals surface area (Å²) < 4.78 is 33.1. The fraction of sp³-hybridized carbons (Fsp3) is 0.200. The minimum Gasteiger partial charge on any atom is -0.482 e. The van der Waals surface area contributed by atoms with E-state index in [0.717, 1.165) is 15.8 Å². The topological polar surface area (TPSA) is 117 Å². The summed E-state index contributed by atoms with van der Waals surface area (Å²) in [5.41, 5.74) is 7.13. The number of rotatable bonds is 5. The summed E-state index contributed by atoms with van der Waals surface area (Å²) in [6.45, 7) is 0.973. The number of halogens is 2. The van der Waals surface area contributed by atoms with Crippen molar-refractivity contribution in [1.82, 2.24) is 19.3 Å². The Morgan fingerprint density at radius 1 is 1.26 bits per heavy atom. The number of ether oxygens (including phenoxy) is 1. The number of hydrogen-bond acceptors (Lipinski definition) is 6. The van der Waals surface area contributed by atoms with E-state index in [-0.39, 0.29) is 24.6 Å². The predicted molar refractivity (Wildman–Crippen MR) is 108 cm³/mol. The van der Waals surface area contributed by atoms with Crippen LogP contribution in [-0.2, 0) is 11.3 Å². The number of anilines is 1. The number of carbonyl (C=O) groups excluding carboxylic acids is 1. The van der Waals surface area contributed by atoms with Crippen LogP contribution in [0.1, 0.15) is 5.56 Å². The van der Waals surface area contributed by atoms with E-state index in [0.29, 0.717) is 22.8 Å². The van der Waals surface area contributed by atoms with Crippen LogP contribution in [0.3, 0.4) is 0 Å². The maximum absolute atomic E-state index is 12.8. The van der Waals surface area contributed by atoms with Crippen LogP contribution in [0.2, 0.25) is 0 Å². The molecule has 0 radical (unpaired) electrons. The van der Waals surface area contributed by atoms with Gasteiger partial charge in [-0.25, -0.2) is 19.0 Å². The molecule has 2 aromatic heterocycles. The van der Waals surface area contributed by atoms with E-state index in [9.17, 15) is 18.4 Å². The first-order valence-corrected chi connectivity index (χ1v) is 9.29. The number of amides is 1. The number of hydrogen-bond donors (Lipinski definition) is 2. The minimum absolute atomic E-state index is 0.0231. The van der Waals surface area contributed by atoms with Gasteiger partial charge in [0.1, 0.15) is 17.9 Å². The molecule has 1 aliphatic rings. The van der Waals surface area contributed by atoms with Gasteiger partial charge in [0.05, 0.1) is 12.2 Å². The van der Waals surface area contributed by atoms with Gasteiger partial charge in [-0.15, -0.1) is 0 Å². The summed E-state index contributed by atoms with van der Waals surface area (Å²) in [6.07, 6.45) is 0.883. The smallest absolute Gasteiger partial charge is 0.351 e. The second-order valence-corrected chi connectivity index (χ2v) is 6.92. The average Bonchev–Trinajstić information content (AvgIpc) is 3.11. The van der Waals surface area contributed by atoms with Crippen LogP contribution >= 0.6 is 0 Å². The molecule has 4 rings (SSSR count). The Hall–Kier alpha value is -3.86. The summed E-state index contributed by atoms with van der Waals surface area (Å²) >= 11 is 0. The standard InChI is InChI=1S/C20H18F2N6O3/c1-11-4-13(12-2-3-16-15(5-12)26-17(29)9-31-16)7-24-19(11)27-10-25-28(20(27)30)8-14(6-23)18(21)22/h2-5,7,10H,6,8-9,23H2,1H3,(H,26,29). The zero-order valence-electron chi connectivity index (χ0n) is 16.4. The highest BCUT2D eigenvalue weighted by Crippen LogP contribution is 2.33. The number of nitrogens with one attached hydrogen (secondary N) is 1. The molecule has 0 unspecified atom stereocenters. The van der Waals surface area contributed by atoms with Crippen LogP contribution in [0.5, 0.6) is 5.75 Å². The molecule has 160 valence electrons. The van der Waals surface area contributed by atoms with E-state index < -0.39 is 18.3 Å². The van der Waals surface area contributed by atoms with E-state index in [2.05, 4.69) is 15.4 Å². The molecule has 0 atom stereocenters. The van der Waals surface area contributed by atoms with Gasteiger partial charge in [0, 0.05) is 23.9 Å². The molecule has 31 heavy (non-hydrogen) atoms. The highest BCUT2D eigenvalue weighted by molar-refractivity contribution is 5.96. The molecule has 3 aromatic rings. The molecular weight excluding hydrogens is 410 g/mol. The maximum Gasteiger partial charge on any atom is 0.351 e. The zero-order valence-corrected chi connectivity index (χ0v) is 16.4. The predicted octanol–water partition coefficient (Wildman–Crippen LogP) is 1.84. The number of nitrogens with two attached hydrogens (primary N) is 1. The molecule has 1 aromatic carbocycles. The summed E-state index contributed by atoms with van der Waals surface area (Å²) in [5.74, 6) is 0.679. The summed E-state index contributed by atoms with van der Waals surface area (Å²) in [6, 6.07) is 7.20. The molecular formula is C20H18F2N6O3. The lowest BCUT2D eigenvalue weighted by molar-refractivity contribution is -0.118. The third-order valence-electron chi connectivity index (χ3n) is 4.81. The van der Waals surface area contributed by atoms with Gasteiger partial charge < -0.3 is 15.8 Å². The largest absolute Gasteiger partial charge is 0.482 e. The fourth-order valence-corrected chi connectivity index (χ4v) is 3.21. The van der Waals surface area contributed by atoms with Gasteiger partial charge in [-0.05, 0) is 36.2 Å². The van der Waals surface area contributed by atoms with Gasteiger partial charge in [-0.3, -0.25) is 4.79 Å². The lowest BCUT2D eigenvalue weighted by atomic mass is 10.0. The Balaban J connectivity index is 1.65. The van der Waals surface area contributed by atoms with Gasteiger partial charge in [-0.1, -0.05) is 6.07 Å². The normalized spacial score (nSPS) is 12.7. The lowest BCUT2D eigenvalue weighted by Gasteiger charge is -2.18. The number of pyridine rings is 1. The molecule has 9 nitrogen and oxygen atoms in total. The summed E-state index contributed by atoms with van der Waals surface area (Å²) in [4.78, 5) is 28.5. The van der Waals surface area contributed by atoms with Crippen LogP contribution in [0.4, 0.5) is 14.5 Å². The molecule has 3 N–H and O–H groups in total. The summed E-state index contributed by atoms with van der Waals surface area (Å²) in [7, 11) is 0. The highest BCUT2D eigenvalue weighted by atomic mass is 19.3. The number of aromatic nitrogens is 4. The SMILES string of the molecule is Cc1cc(-c2ccc3c(c2)NC(=O)CO3)cnc1-n1cnn(CC(CN)=C(F)F)c1=O. The van der Waals surface area contributed by atoms with E-state index in [4.69, 9.17) is 10.5 Å². The molecule has 11 heteroatoms. The molecule has 1 amide bonds. The molecule has 0 aliphatic carbocycles. The number of fused-ring (bicyclic) bond motifs is 1. The van der Waals surface area contributed by atoms with Crippen molar-refractivity contribution in [3.05, 3.63) is 64.5 Å². The number of nitrogens with zero attached hydrogens (tertiary/aromatic N) is 4. The molecule has 0 spiro atoms. The Labute approximate surface area is 174 Å². The Morgan fingerprint density at radius 3 is 2.77 bits per heavy atom. The lowest BCUT2D eigenvalue weighted by Crippen LogP contribution is -2.27. The minimum atomic E-state index is -1.92. The van der Waals surface area contributed by atoms with E-state index >= 15 is 0 Å². The van der Waals surface area contributed by atoms with Crippen molar-refractivity contribution in [2.24, 2.45) is 5.73 Å². The van der Waals surface area contributed by atoms with Crippen LogP contribution in [0, 0.1) is 6.92 Å². The van der Waals surface area contributed by atoms with Gasteiger partial charge in [0.15, 0.2) is 6.61 Å². The van der Waals surface area contributed by atoms with Crippen molar-refractivity contribution in [3.63, 3.8) is 0 Å². The van der Waals surface area contributed by atoms with Gasteiger partial charge in [-0.2, -0.15) is 13.9 Å². The van der Waals surface area contributed by atoms with E-state index in [1.165, 1.54) is 10.9 Å². The van der Waals surface area contributed by atoms with Crippen molar-refractivity contribution in [2.75, 3.05) is 18.5 Å². The number of aryl methyl sites for hydroxylation is 1. The highest BCUT2D eigenvalue weighted by Gasteiger charge is 2.18. The number of benzene rings is 1. The van der Waals surface area contributed by atoms with E-state index in [1.54, 1.807) is 25.3 Å². The van der Waals surface area contributed by atoms with Crippen LogP contribution in [-0.4, -0.2) is 38.4 Å². The first-order valence-electron chi connectivity index (χ1n) is 9.29. The number of carbonyl (C=O) groups is 1. The van der Waals surface area contributed by atoms with Gasteiger partial charge in [0.2, 0.25) is 0 Å². The monoisotopic (exact) mass is 428 g/mol. The maximum atomic E-state index is 12.8. The third kappa shape index (κ3) is 3.94. The van der Waals surface area contributed by atoms with Crippen molar-refractivity contribution in [3.8, 4) is 22.7 Å². The van der Waals surface area contributed by atoms with Crippen LogP contribution in [0.15, 0.2) is 53.2 Å². The first kappa shape index (κ1) is 20.4. The second kappa shape index (κ2) is 8.11. The van der Waals surface area contributed by atoms with Crippen LogP contribution in [0.25, 0.3) is 16.9 Å². The average molecular weight is 428 g/mol. The van der Waals surface area contributed by atoms with E-state index in [1.807, 2.05) is 12.1 Å². The Kier molecular flexibility index (Phi) is 5.34. The quantitative estimate of drug-likeness (QED) is 0.641. The van der Waals surface area contributed by atoms with Gasteiger partial charge in [0.25, 0.3) is 12.0 Å². The summed E-state index contributed by atoms with van der Waals surface area (Å²) in [5, 5.41) is 6.64. The molecule has 1 aliphatic heterocycles. The van der Waals surface area contributed by atoms with Crippen molar-refractivity contribution in [2.45, 2.75) is 13.5 Å². The zero-order chi connectivity index (χ0) is 22.1. The van der Waals surface area contributed by atoms with Crippen molar-refractivity contribution < 1.29 is 18.3 Å².